The van der Waals surface area contributed by atoms with Crippen molar-refractivity contribution in [3.63, 3.8) is 0 Å². The van der Waals surface area contributed by atoms with Gasteiger partial charge in [-0.1, -0.05) is 31.0 Å². The number of carbonyl (C=O) groups is 3. The van der Waals surface area contributed by atoms with E-state index in [1.165, 1.54) is 18.7 Å². The van der Waals surface area contributed by atoms with Crippen molar-refractivity contribution >= 4 is 29.7 Å². The molecule has 0 radical (unpaired) electrons. The average molecular weight is 350 g/mol. The molecule has 7 heteroatoms. The Morgan fingerprint density at radius 2 is 1.88 bits per heavy atom. The molecule has 0 unspecified atom stereocenters. The molecule has 0 saturated heterocycles. The second-order valence-electron chi connectivity index (χ2n) is 5.68. The van der Waals surface area contributed by atoms with Crippen LogP contribution in [0.5, 0.6) is 0 Å². The van der Waals surface area contributed by atoms with Crippen molar-refractivity contribution in [1.82, 2.24) is 10.6 Å². The summed E-state index contributed by atoms with van der Waals surface area (Å²) in [6.45, 7) is 1.45. The number of benzene rings is 1. The molecule has 2 N–H and O–H groups in total. The summed E-state index contributed by atoms with van der Waals surface area (Å²) in [5, 5.41) is 4.96. The fourth-order valence-electron chi connectivity index (χ4n) is 2.45. The van der Waals surface area contributed by atoms with E-state index >= 15 is 0 Å². The minimum atomic E-state index is -1.01. The fourth-order valence-corrected chi connectivity index (χ4v) is 3.15. The van der Waals surface area contributed by atoms with E-state index in [-0.39, 0.29) is 11.8 Å². The van der Waals surface area contributed by atoms with Gasteiger partial charge in [-0.2, -0.15) is 0 Å². The molecule has 6 nitrogen and oxygen atoms in total. The summed E-state index contributed by atoms with van der Waals surface area (Å²) in [5.41, 5.74) is 0. The Bertz CT molecular complexity index is 573. The standard InChI is InChI=1S/C17H22N2O4S/c1-12(16(21)19-17(22)18-13-7-5-6-8-13)23-15(20)11-24-14-9-3-2-4-10-14/h2-4,9-10,12-13H,5-8,11H2,1H3,(H2,18,19,21,22)/t12-/m0/s1. The molecule has 1 saturated carbocycles. The topological polar surface area (TPSA) is 84.5 Å². The maximum Gasteiger partial charge on any atom is 0.321 e. The maximum absolute atomic E-state index is 11.9. The van der Waals surface area contributed by atoms with Crippen LogP contribution in [0.2, 0.25) is 0 Å². The van der Waals surface area contributed by atoms with Gasteiger partial charge in [-0.05, 0) is 31.9 Å². The zero-order valence-corrected chi connectivity index (χ0v) is 14.4. The summed E-state index contributed by atoms with van der Waals surface area (Å²) in [4.78, 5) is 36.3. The van der Waals surface area contributed by atoms with Gasteiger partial charge in [-0.3, -0.25) is 14.9 Å². The molecule has 0 bridgehead atoms. The lowest BCUT2D eigenvalue weighted by molar-refractivity contribution is -0.151. The van der Waals surface area contributed by atoms with Gasteiger partial charge in [-0.25, -0.2) is 4.79 Å². The summed E-state index contributed by atoms with van der Waals surface area (Å²) in [5.74, 6) is -1.01. The molecule has 0 heterocycles. The Hall–Kier alpha value is -2.02. The Kier molecular flexibility index (Phi) is 7.11. The van der Waals surface area contributed by atoms with Gasteiger partial charge in [0.1, 0.15) is 0 Å². The van der Waals surface area contributed by atoms with Crippen LogP contribution in [0.1, 0.15) is 32.6 Å². The summed E-state index contributed by atoms with van der Waals surface area (Å²) in [7, 11) is 0. The molecule has 1 aromatic carbocycles. The largest absolute Gasteiger partial charge is 0.452 e. The van der Waals surface area contributed by atoms with Crippen LogP contribution in [0.15, 0.2) is 35.2 Å². The Morgan fingerprint density at radius 1 is 1.21 bits per heavy atom. The molecule has 0 aliphatic heterocycles. The number of urea groups is 1. The van der Waals surface area contributed by atoms with Crippen LogP contribution in [0.4, 0.5) is 4.79 Å². The first-order valence-electron chi connectivity index (χ1n) is 8.03. The van der Waals surface area contributed by atoms with Gasteiger partial charge < -0.3 is 10.1 Å². The van der Waals surface area contributed by atoms with Crippen molar-refractivity contribution < 1.29 is 19.1 Å². The van der Waals surface area contributed by atoms with Gasteiger partial charge in [0, 0.05) is 10.9 Å². The molecule has 24 heavy (non-hydrogen) atoms. The number of esters is 1. The van der Waals surface area contributed by atoms with E-state index in [4.69, 9.17) is 4.74 Å². The minimum Gasteiger partial charge on any atom is -0.452 e. The minimum absolute atomic E-state index is 0.107. The van der Waals surface area contributed by atoms with E-state index in [1.807, 2.05) is 30.3 Å². The predicted molar refractivity (Wildman–Crippen MR) is 91.7 cm³/mol. The lowest BCUT2D eigenvalue weighted by Gasteiger charge is -2.15. The van der Waals surface area contributed by atoms with Crippen molar-refractivity contribution in [2.45, 2.75) is 49.6 Å². The van der Waals surface area contributed by atoms with Crippen LogP contribution in [-0.4, -0.2) is 35.8 Å². The number of amides is 3. The first-order chi connectivity index (χ1) is 11.5. The van der Waals surface area contributed by atoms with Crippen molar-refractivity contribution in [2.75, 3.05) is 5.75 Å². The highest BCUT2D eigenvalue weighted by molar-refractivity contribution is 8.00. The molecule has 0 aromatic heterocycles. The van der Waals surface area contributed by atoms with Crippen LogP contribution in [0.3, 0.4) is 0 Å². The maximum atomic E-state index is 11.9. The number of hydrogen-bond donors (Lipinski definition) is 2. The van der Waals surface area contributed by atoms with E-state index in [0.29, 0.717) is 0 Å². The third kappa shape index (κ3) is 6.23. The van der Waals surface area contributed by atoms with Crippen molar-refractivity contribution in [1.29, 1.82) is 0 Å². The van der Waals surface area contributed by atoms with E-state index < -0.39 is 24.0 Å². The monoisotopic (exact) mass is 350 g/mol. The van der Waals surface area contributed by atoms with Crippen molar-refractivity contribution in [3.8, 4) is 0 Å². The molecular weight excluding hydrogens is 328 g/mol. The number of imide groups is 1. The van der Waals surface area contributed by atoms with Crippen LogP contribution >= 0.6 is 11.8 Å². The Labute approximate surface area is 145 Å². The predicted octanol–water partition coefficient (Wildman–Crippen LogP) is 2.48. The number of rotatable bonds is 6. The van der Waals surface area contributed by atoms with E-state index in [0.717, 1.165) is 30.6 Å². The molecule has 2 rings (SSSR count). The summed E-state index contributed by atoms with van der Waals surface area (Å²) in [6.07, 6.45) is 3.03. The van der Waals surface area contributed by atoms with Crippen LogP contribution in [0.25, 0.3) is 0 Å². The highest BCUT2D eigenvalue weighted by Gasteiger charge is 2.22. The number of thioether (sulfide) groups is 1. The first-order valence-corrected chi connectivity index (χ1v) is 9.02. The molecule has 1 aromatic rings. The van der Waals surface area contributed by atoms with Crippen molar-refractivity contribution in [3.05, 3.63) is 30.3 Å². The number of nitrogens with one attached hydrogen (secondary N) is 2. The van der Waals surface area contributed by atoms with Crippen LogP contribution in [0, 0.1) is 0 Å². The van der Waals surface area contributed by atoms with Crippen LogP contribution < -0.4 is 10.6 Å². The molecule has 1 atom stereocenters. The molecule has 1 aliphatic carbocycles. The Balaban J connectivity index is 1.68. The van der Waals surface area contributed by atoms with Gasteiger partial charge in [0.2, 0.25) is 0 Å². The Morgan fingerprint density at radius 3 is 2.54 bits per heavy atom. The third-order valence-electron chi connectivity index (χ3n) is 3.70. The number of hydrogen-bond acceptors (Lipinski definition) is 5. The smallest absolute Gasteiger partial charge is 0.321 e. The van der Waals surface area contributed by atoms with Gasteiger partial charge in [0.25, 0.3) is 5.91 Å². The lowest BCUT2D eigenvalue weighted by atomic mass is 10.2. The van der Waals surface area contributed by atoms with Gasteiger partial charge in [-0.15, -0.1) is 11.8 Å². The lowest BCUT2D eigenvalue weighted by Crippen LogP contribution is -2.47. The van der Waals surface area contributed by atoms with E-state index in [1.54, 1.807) is 0 Å². The normalized spacial score (nSPS) is 15.5. The van der Waals surface area contributed by atoms with E-state index in [2.05, 4.69) is 10.6 Å². The second-order valence-corrected chi connectivity index (χ2v) is 6.73. The second kappa shape index (κ2) is 9.32. The van der Waals surface area contributed by atoms with Gasteiger partial charge >= 0.3 is 12.0 Å². The molecule has 130 valence electrons. The van der Waals surface area contributed by atoms with Crippen LogP contribution in [-0.2, 0) is 14.3 Å². The molecular formula is C17H22N2O4S. The van der Waals surface area contributed by atoms with Gasteiger partial charge in [0.15, 0.2) is 6.10 Å². The average Bonchev–Trinajstić information content (AvgIpc) is 3.06. The fraction of sp³-hybridized carbons (Fsp3) is 0.471. The summed E-state index contributed by atoms with van der Waals surface area (Å²) in [6, 6.07) is 9.03. The zero-order chi connectivity index (χ0) is 17.4. The quantitative estimate of drug-likeness (QED) is 0.608. The van der Waals surface area contributed by atoms with Crippen molar-refractivity contribution in [2.24, 2.45) is 0 Å². The summed E-state index contributed by atoms with van der Waals surface area (Å²) < 4.78 is 5.05. The summed E-state index contributed by atoms with van der Waals surface area (Å²) >= 11 is 1.33. The van der Waals surface area contributed by atoms with Gasteiger partial charge in [0.05, 0.1) is 5.75 Å². The zero-order valence-electron chi connectivity index (χ0n) is 13.6. The molecule has 1 aliphatic rings. The number of ether oxygens (including phenoxy) is 1. The third-order valence-corrected chi connectivity index (χ3v) is 4.69. The van der Waals surface area contributed by atoms with E-state index in [9.17, 15) is 14.4 Å². The highest BCUT2D eigenvalue weighted by atomic mass is 32.2. The SMILES string of the molecule is C[C@H](OC(=O)CSc1ccccc1)C(=O)NC(=O)NC1CCCC1. The number of carbonyl (C=O) groups excluding carboxylic acids is 3. The molecule has 0 spiro atoms. The first kappa shape index (κ1) is 18.3. The molecule has 1 fully saturated rings. The highest BCUT2D eigenvalue weighted by Crippen LogP contribution is 2.18. The molecule has 3 amide bonds.